The van der Waals surface area contributed by atoms with Crippen molar-refractivity contribution >= 4 is 15.9 Å². The van der Waals surface area contributed by atoms with E-state index in [1.54, 1.807) is 6.20 Å². The van der Waals surface area contributed by atoms with Crippen LogP contribution in [0.5, 0.6) is 0 Å². The molecule has 1 aliphatic heterocycles. The first-order chi connectivity index (χ1) is 11.4. The fourth-order valence-corrected chi connectivity index (χ4v) is 3.98. The zero-order valence-electron chi connectivity index (χ0n) is 13.3. The molecule has 0 bridgehead atoms. The summed E-state index contributed by atoms with van der Waals surface area (Å²) in [4.78, 5) is 16.2. The van der Waals surface area contributed by atoms with Gasteiger partial charge in [-0.25, -0.2) is 13.4 Å². The maximum Gasteiger partial charge on any atom is 0.238 e. The van der Waals surface area contributed by atoms with Crippen LogP contribution >= 0.6 is 0 Å². The monoisotopic (exact) mass is 349 g/mol. The van der Waals surface area contributed by atoms with Crippen LogP contribution in [0.3, 0.4) is 0 Å². The number of aromatic nitrogens is 1. The van der Waals surface area contributed by atoms with Crippen molar-refractivity contribution in [2.45, 2.75) is 25.4 Å². The van der Waals surface area contributed by atoms with Crippen LogP contribution in [0.15, 0.2) is 41.3 Å². The zero-order valence-corrected chi connectivity index (χ0v) is 14.1. The lowest BCUT2D eigenvalue weighted by Crippen LogP contribution is -2.45. The number of rotatable bonds is 5. The molecule has 1 saturated heterocycles. The Hall–Kier alpha value is -2.19. The Bertz CT molecular complexity index is 800. The number of benzene rings is 1. The van der Waals surface area contributed by atoms with Gasteiger partial charge in [0, 0.05) is 18.7 Å². The summed E-state index contributed by atoms with van der Waals surface area (Å²) >= 11 is 0. The fourth-order valence-electron chi connectivity index (χ4n) is 2.85. The highest BCUT2D eigenvalue weighted by Crippen LogP contribution is 2.21. The zero-order chi connectivity index (χ0) is 17.2. The van der Waals surface area contributed by atoms with Crippen molar-refractivity contribution in [1.82, 2.24) is 14.6 Å². The number of sulfonamides is 1. The van der Waals surface area contributed by atoms with Gasteiger partial charge in [0.1, 0.15) is 6.04 Å². The minimum atomic E-state index is -3.35. The third kappa shape index (κ3) is 3.65. The second kappa shape index (κ2) is 6.74. The number of amides is 1. The largest absolute Gasteiger partial charge is 0.444 e. The summed E-state index contributed by atoms with van der Waals surface area (Å²) in [6.45, 7) is 0.756. The molecule has 0 radical (unpaired) electrons. The van der Waals surface area contributed by atoms with Crippen molar-refractivity contribution in [3.63, 3.8) is 0 Å². The lowest BCUT2D eigenvalue weighted by atomic mass is 10.1. The summed E-state index contributed by atoms with van der Waals surface area (Å²) < 4.78 is 29.9. The maximum atomic E-state index is 12.3. The average Bonchev–Trinajstić information content (AvgIpc) is 3.23. The van der Waals surface area contributed by atoms with Crippen molar-refractivity contribution in [2.24, 2.45) is 0 Å². The summed E-state index contributed by atoms with van der Waals surface area (Å²) in [5.41, 5.74) is 1.83. The predicted molar refractivity (Wildman–Crippen MR) is 88.4 cm³/mol. The second-order valence-electron chi connectivity index (χ2n) is 5.81. The normalized spacial score (nSPS) is 18.6. The Labute approximate surface area is 140 Å². The summed E-state index contributed by atoms with van der Waals surface area (Å²) in [7, 11) is -3.35. The van der Waals surface area contributed by atoms with Gasteiger partial charge < -0.3 is 9.73 Å². The van der Waals surface area contributed by atoms with Gasteiger partial charge in [-0.15, -0.1) is 0 Å². The molecule has 8 heteroatoms. The lowest BCUT2D eigenvalue weighted by molar-refractivity contribution is -0.124. The van der Waals surface area contributed by atoms with Gasteiger partial charge >= 0.3 is 0 Å². The lowest BCUT2D eigenvalue weighted by Gasteiger charge is -2.21. The van der Waals surface area contributed by atoms with Crippen LogP contribution in [-0.2, 0) is 21.4 Å². The molecule has 1 aromatic carbocycles. The number of carbonyl (C=O) groups is 1. The van der Waals surface area contributed by atoms with Crippen molar-refractivity contribution in [1.29, 1.82) is 0 Å². The van der Waals surface area contributed by atoms with E-state index in [-0.39, 0.29) is 5.91 Å². The summed E-state index contributed by atoms with van der Waals surface area (Å²) in [5, 5.41) is 2.82. The average molecular weight is 349 g/mol. The number of nitrogens with zero attached hydrogens (tertiary/aromatic N) is 2. The minimum Gasteiger partial charge on any atom is -0.444 e. The van der Waals surface area contributed by atoms with Crippen LogP contribution in [0.4, 0.5) is 0 Å². The number of oxazole rings is 1. The third-order valence-electron chi connectivity index (χ3n) is 4.07. The summed E-state index contributed by atoms with van der Waals surface area (Å²) in [5.74, 6) is 0.428. The quantitative estimate of drug-likeness (QED) is 0.880. The van der Waals surface area contributed by atoms with Gasteiger partial charge in [-0.3, -0.25) is 4.79 Å². The highest BCUT2D eigenvalue weighted by Gasteiger charge is 2.36. The van der Waals surface area contributed by atoms with Crippen LogP contribution < -0.4 is 5.32 Å². The van der Waals surface area contributed by atoms with Gasteiger partial charge in [0.05, 0.1) is 12.5 Å². The SMILES string of the molecule is CS(=O)(=O)N1CCCC1C(=O)NCc1ccc(-c2cnco2)cc1. The summed E-state index contributed by atoms with van der Waals surface area (Å²) in [6.07, 6.45) is 5.41. The van der Waals surface area contributed by atoms with Crippen molar-refractivity contribution in [3.05, 3.63) is 42.4 Å². The molecule has 7 nitrogen and oxygen atoms in total. The molecule has 1 aliphatic rings. The number of hydrogen-bond acceptors (Lipinski definition) is 5. The van der Waals surface area contributed by atoms with Crippen LogP contribution in [0.1, 0.15) is 18.4 Å². The molecule has 1 atom stereocenters. The Morgan fingerprint density at radius 2 is 2.12 bits per heavy atom. The molecule has 1 fully saturated rings. The van der Waals surface area contributed by atoms with Crippen molar-refractivity contribution in [2.75, 3.05) is 12.8 Å². The van der Waals surface area contributed by atoms with Gasteiger partial charge in [-0.2, -0.15) is 4.31 Å². The van der Waals surface area contributed by atoms with Gasteiger partial charge in [0.15, 0.2) is 12.2 Å². The summed E-state index contributed by atoms with van der Waals surface area (Å²) in [6, 6.07) is 6.96. The molecule has 1 N–H and O–H groups in total. The van der Waals surface area contributed by atoms with E-state index in [2.05, 4.69) is 10.3 Å². The molecule has 0 aliphatic carbocycles. The third-order valence-corrected chi connectivity index (χ3v) is 5.36. The topological polar surface area (TPSA) is 92.5 Å². The molecule has 128 valence electrons. The Balaban J connectivity index is 1.60. The first-order valence-corrected chi connectivity index (χ1v) is 9.52. The molecule has 1 unspecified atom stereocenters. The second-order valence-corrected chi connectivity index (χ2v) is 7.75. The van der Waals surface area contributed by atoms with E-state index in [1.807, 2.05) is 24.3 Å². The maximum absolute atomic E-state index is 12.3. The van der Waals surface area contributed by atoms with Crippen LogP contribution in [0.25, 0.3) is 11.3 Å². The van der Waals surface area contributed by atoms with Gasteiger partial charge in [-0.1, -0.05) is 24.3 Å². The van der Waals surface area contributed by atoms with Gasteiger partial charge in [-0.05, 0) is 18.4 Å². The standard InChI is InChI=1S/C16H19N3O4S/c1-24(21,22)19-8-2-3-14(19)16(20)18-9-12-4-6-13(7-5-12)15-10-17-11-23-15/h4-7,10-11,14H,2-3,8-9H2,1H3,(H,18,20). The van der Waals surface area contributed by atoms with Crippen LogP contribution in [0.2, 0.25) is 0 Å². The molecule has 0 spiro atoms. The van der Waals surface area contributed by atoms with E-state index in [1.165, 1.54) is 10.7 Å². The van der Waals surface area contributed by atoms with Crippen molar-refractivity contribution < 1.29 is 17.6 Å². The van der Waals surface area contributed by atoms with Crippen LogP contribution in [0, 0.1) is 0 Å². The minimum absolute atomic E-state index is 0.253. The van der Waals surface area contributed by atoms with Crippen LogP contribution in [-0.4, -0.2) is 42.5 Å². The molecule has 3 rings (SSSR count). The number of carbonyl (C=O) groups excluding carboxylic acids is 1. The smallest absolute Gasteiger partial charge is 0.238 e. The van der Waals surface area contributed by atoms with E-state index in [0.717, 1.165) is 17.4 Å². The molecule has 1 aromatic heterocycles. The molecule has 2 aromatic rings. The first kappa shape index (κ1) is 16.7. The highest BCUT2D eigenvalue weighted by atomic mass is 32.2. The number of hydrogen-bond donors (Lipinski definition) is 1. The Morgan fingerprint density at radius 3 is 2.75 bits per heavy atom. The van der Waals surface area contributed by atoms with E-state index >= 15 is 0 Å². The molecule has 1 amide bonds. The Kier molecular flexibility index (Phi) is 4.68. The van der Waals surface area contributed by atoms with Crippen molar-refractivity contribution in [3.8, 4) is 11.3 Å². The first-order valence-electron chi connectivity index (χ1n) is 7.67. The molecule has 24 heavy (non-hydrogen) atoms. The van der Waals surface area contributed by atoms with E-state index in [4.69, 9.17) is 4.42 Å². The van der Waals surface area contributed by atoms with Gasteiger partial charge in [0.2, 0.25) is 15.9 Å². The fraction of sp³-hybridized carbons (Fsp3) is 0.375. The predicted octanol–water partition coefficient (Wildman–Crippen LogP) is 1.38. The molecular formula is C16H19N3O4S. The van der Waals surface area contributed by atoms with E-state index in [0.29, 0.717) is 31.7 Å². The molecule has 2 heterocycles. The Morgan fingerprint density at radius 1 is 1.38 bits per heavy atom. The molecular weight excluding hydrogens is 330 g/mol. The number of nitrogens with one attached hydrogen (secondary N) is 1. The van der Waals surface area contributed by atoms with E-state index in [9.17, 15) is 13.2 Å². The highest BCUT2D eigenvalue weighted by molar-refractivity contribution is 7.88. The van der Waals surface area contributed by atoms with Gasteiger partial charge in [0.25, 0.3) is 0 Å². The molecule has 0 saturated carbocycles. The van der Waals surface area contributed by atoms with E-state index < -0.39 is 16.1 Å².